The Labute approximate surface area is 233 Å². The maximum absolute atomic E-state index is 14.1. The van der Waals surface area contributed by atoms with E-state index in [0.29, 0.717) is 17.2 Å². The van der Waals surface area contributed by atoms with E-state index < -0.39 is 34.3 Å². The van der Waals surface area contributed by atoms with Gasteiger partial charge in [-0.05, 0) is 42.5 Å². The highest BCUT2D eigenvalue weighted by atomic mass is 32.2. The second-order valence-corrected chi connectivity index (χ2v) is 11.5. The molecule has 3 heterocycles. The van der Waals surface area contributed by atoms with Gasteiger partial charge in [-0.2, -0.15) is 22.6 Å². The van der Waals surface area contributed by atoms with Gasteiger partial charge in [0.05, 0.1) is 16.3 Å². The average Bonchev–Trinajstić information content (AvgIpc) is 3.61. The van der Waals surface area contributed by atoms with Crippen molar-refractivity contribution in [2.45, 2.75) is 24.0 Å². The topological polar surface area (TPSA) is 94.0 Å². The fourth-order valence-electron chi connectivity index (χ4n) is 4.96. The number of anilines is 1. The molecule has 1 aromatic heterocycles. The van der Waals surface area contributed by atoms with Gasteiger partial charge < -0.3 is 14.4 Å². The first-order chi connectivity index (χ1) is 19.5. The van der Waals surface area contributed by atoms with Gasteiger partial charge in [-0.3, -0.25) is 4.79 Å². The van der Waals surface area contributed by atoms with Crippen LogP contribution in [0.2, 0.25) is 0 Å². The van der Waals surface area contributed by atoms with Crippen LogP contribution in [-0.4, -0.2) is 48.8 Å². The van der Waals surface area contributed by atoms with Crippen molar-refractivity contribution in [2.75, 3.05) is 25.3 Å². The molecule has 0 bridgehead atoms. The number of carbonyl (C=O) groups is 1. The first-order valence-corrected chi connectivity index (χ1v) is 14.0. The molecule has 0 radical (unpaired) electrons. The zero-order chi connectivity index (χ0) is 28.9. The predicted molar refractivity (Wildman–Crippen MR) is 142 cm³/mol. The summed E-state index contributed by atoms with van der Waals surface area (Å²) in [4.78, 5) is 14.7. The van der Waals surface area contributed by atoms with Gasteiger partial charge >= 0.3 is 6.18 Å². The van der Waals surface area contributed by atoms with Crippen LogP contribution in [0.4, 0.5) is 18.9 Å². The van der Waals surface area contributed by atoms with Crippen molar-refractivity contribution in [2.24, 2.45) is 0 Å². The van der Waals surface area contributed by atoms with Crippen LogP contribution in [-0.2, 0) is 29.2 Å². The molecule has 3 aromatic carbocycles. The normalized spacial score (nSPS) is 15.0. The number of carbonyl (C=O) groups excluding carboxylic acids is 1. The minimum Gasteiger partial charge on any atom is -0.454 e. The van der Waals surface area contributed by atoms with E-state index in [1.807, 2.05) is 0 Å². The largest absolute Gasteiger partial charge is 0.454 e. The van der Waals surface area contributed by atoms with E-state index in [9.17, 15) is 26.4 Å². The third-order valence-corrected chi connectivity index (χ3v) is 8.92. The summed E-state index contributed by atoms with van der Waals surface area (Å²) in [5.41, 5.74) is -0.108. The van der Waals surface area contributed by atoms with Gasteiger partial charge in [0.1, 0.15) is 0 Å². The third kappa shape index (κ3) is 4.80. The first kappa shape index (κ1) is 26.8. The molecule has 0 aliphatic carbocycles. The van der Waals surface area contributed by atoms with Crippen LogP contribution in [0.25, 0.3) is 5.69 Å². The van der Waals surface area contributed by atoms with Crippen LogP contribution < -0.4 is 14.4 Å². The van der Waals surface area contributed by atoms with Crippen molar-refractivity contribution in [1.29, 1.82) is 0 Å². The monoisotopic (exact) mass is 584 g/mol. The minimum absolute atomic E-state index is 0.000248. The highest BCUT2D eigenvalue weighted by molar-refractivity contribution is 7.89. The van der Waals surface area contributed by atoms with Crippen molar-refractivity contribution in [3.8, 4) is 17.2 Å². The number of ether oxygens (including phenoxy) is 2. The fourth-order valence-corrected chi connectivity index (χ4v) is 6.39. The van der Waals surface area contributed by atoms with Crippen LogP contribution in [0.15, 0.2) is 77.7 Å². The Balaban J connectivity index is 1.34. The number of rotatable bonds is 5. The third-order valence-electron chi connectivity index (χ3n) is 7.06. The van der Waals surface area contributed by atoms with Gasteiger partial charge in [0.15, 0.2) is 17.2 Å². The second kappa shape index (κ2) is 9.93. The van der Waals surface area contributed by atoms with Crippen molar-refractivity contribution in [3.63, 3.8) is 0 Å². The Hall–Kier alpha value is -4.36. The molecule has 0 unspecified atom stereocenters. The number of hydrogen-bond acceptors (Lipinski definition) is 6. The maximum Gasteiger partial charge on any atom is 0.435 e. The summed E-state index contributed by atoms with van der Waals surface area (Å²) >= 11 is 0. The molecule has 4 aromatic rings. The van der Waals surface area contributed by atoms with Gasteiger partial charge in [0.2, 0.25) is 16.8 Å². The minimum atomic E-state index is -4.82. The van der Waals surface area contributed by atoms with Crippen molar-refractivity contribution in [3.05, 3.63) is 95.3 Å². The number of aromatic nitrogens is 2. The molecule has 0 atom stereocenters. The van der Waals surface area contributed by atoms with Gasteiger partial charge in [0, 0.05) is 49.4 Å². The van der Waals surface area contributed by atoms with Crippen LogP contribution in [0.3, 0.4) is 0 Å². The number of benzene rings is 3. The number of fused-ring (bicyclic) bond motifs is 2. The zero-order valence-corrected chi connectivity index (χ0v) is 22.4. The van der Waals surface area contributed by atoms with E-state index in [1.54, 1.807) is 61.6 Å². The van der Waals surface area contributed by atoms with Gasteiger partial charge in [-0.25, -0.2) is 13.1 Å². The van der Waals surface area contributed by atoms with Crippen molar-refractivity contribution < 1.29 is 35.9 Å². The molecule has 0 saturated carbocycles. The fraction of sp³-hybridized carbons (Fsp3) is 0.214. The van der Waals surface area contributed by atoms with Gasteiger partial charge in [-0.1, -0.05) is 24.3 Å². The molecule has 41 heavy (non-hydrogen) atoms. The van der Waals surface area contributed by atoms with Crippen LogP contribution in [0, 0.1) is 0 Å². The molecule has 6 rings (SSSR count). The van der Waals surface area contributed by atoms with Crippen LogP contribution in [0.1, 0.15) is 27.3 Å². The summed E-state index contributed by atoms with van der Waals surface area (Å²) in [6.45, 7) is -0.423. The number of hydrogen-bond donors (Lipinski definition) is 0. The summed E-state index contributed by atoms with van der Waals surface area (Å²) < 4.78 is 81.6. The summed E-state index contributed by atoms with van der Waals surface area (Å²) in [6.07, 6.45) is -4.82. The molecular formula is C28H23F3N4O5S. The van der Waals surface area contributed by atoms with Crippen LogP contribution >= 0.6 is 0 Å². The molecule has 2 aliphatic rings. The zero-order valence-electron chi connectivity index (χ0n) is 21.6. The van der Waals surface area contributed by atoms with E-state index in [1.165, 1.54) is 23.1 Å². The lowest BCUT2D eigenvalue weighted by molar-refractivity contribution is -0.142. The number of halogens is 3. The number of sulfonamides is 1. The highest BCUT2D eigenvalue weighted by Crippen LogP contribution is 2.38. The Morgan fingerprint density at radius 2 is 1.73 bits per heavy atom. The molecule has 0 saturated heterocycles. The molecule has 0 fully saturated rings. The SMILES string of the molecule is CN(C(=O)c1cccc(-n2nc(C(F)(F)F)c3c2CCN(S(=O)(=O)c2ccccc2)C3)c1)c1ccc2c(c1)OCO2. The van der Waals surface area contributed by atoms with Crippen LogP contribution in [0.5, 0.6) is 11.5 Å². The van der Waals surface area contributed by atoms with E-state index >= 15 is 0 Å². The smallest absolute Gasteiger partial charge is 0.435 e. The summed E-state index contributed by atoms with van der Waals surface area (Å²) in [6, 6.07) is 18.8. The highest BCUT2D eigenvalue weighted by Gasteiger charge is 2.42. The lowest BCUT2D eigenvalue weighted by atomic mass is 10.1. The van der Waals surface area contributed by atoms with Gasteiger partial charge in [-0.15, -0.1) is 0 Å². The van der Waals surface area contributed by atoms with Gasteiger partial charge in [0.25, 0.3) is 5.91 Å². The Morgan fingerprint density at radius 1 is 0.976 bits per heavy atom. The van der Waals surface area contributed by atoms with E-state index in [0.717, 1.165) is 8.99 Å². The quantitative estimate of drug-likeness (QED) is 0.339. The van der Waals surface area contributed by atoms with Crippen molar-refractivity contribution >= 4 is 21.6 Å². The summed E-state index contributed by atoms with van der Waals surface area (Å²) in [5, 5.41) is 3.88. The molecule has 9 nitrogen and oxygen atoms in total. The van der Waals surface area contributed by atoms with E-state index in [4.69, 9.17) is 9.47 Å². The summed E-state index contributed by atoms with van der Waals surface area (Å²) in [7, 11) is -2.44. The molecule has 1 amide bonds. The number of nitrogens with zero attached hydrogens (tertiary/aromatic N) is 4. The standard InChI is InChI=1S/C28H23F3N4O5S/c1-33(19-10-11-24-25(15-19)40-17-39-24)27(36)18-6-5-7-20(14-18)35-23-12-13-34(16-22(23)26(32-35)28(29,30)31)41(37,38)21-8-3-2-4-9-21/h2-11,14-15H,12-13,16-17H2,1H3. The first-order valence-electron chi connectivity index (χ1n) is 12.6. The predicted octanol–water partition coefficient (Wildman–Crippen LogP) is 4.64. The molecule has 2 aliphatic heterocycles. The Kier molecular flexibility index (Phi) is 6.50. The molecule has 0 spiro atoms. The molecular weight excluding hydrogens is 561 g/mol. The Morgan fingerprint density at radius 3 is 2.49 bits per heavy atom. The van der Waals surface area contributed by atoms with E-state index in [2.05, 4.69) is 5.10 Å². The lowest BCUT2D eigenvalue weighted by Gasteiger charge is -2.27. The molecule has 13 heteroatoms. The number of alkyl halides is 3. The average molecular weight is 585 g/mol. The van der Waals surface area contributed by atoms with Crippen molar-refractivity contribution in [1.82, 2.24) is 14.1 Å². The lowest BCUT2D eigenvalue weighted by Crippen LogP contribution is -2.36. The summed E-state index contributed by atoms with van der Waals surface area (Å²) in [5.74, 6) is 0.667. The molecule has 0 N–H and O–H groups in total. The second-order valence-electron chi connectivity index (χ2n) is 9.54. The van der Waals surface area contributed by atoms with E-state index in [-0.39, 0.29) is 47.2 Å². The Bertz CT molecular complexity index is 1760. The maximum atomic E-state index is 14.1. The number of amides is 1. The molecule has 212 valence electrons.